The zero-order valence-electron chi connectivity index (χ0n) is 9.40. The highest BCUT2D eigenvalue weighted by molar-refractivity contribution is 7.80. The molecule has 1 aliphatic heterocycles. The first kappa shape index (κ1) is 10.5. The van der Waals surface area contributed by atoms with Gasteiger partial charge in [0, 0.05) is 12.7 Å². The largest absolute Gasteiger partial charge is 0.478 e. The first-order valence-corrected chi connectivity index (χ1v) is 5.85. The van der Waals surface area contributed by atoms with Gasteiger partial charge >= 0.3 is 0 Å². The van der Waals surface area contributed by atoms with Crippen LogP contribution in [0.3, 0.4) is 0 Å². The molecule has 0 amide bonds. The number of nitrogens with zero attached hydrogens (tertiary/aromatic N) is 1. The van der Waals surface area contributed by atoms with Gasteiger partial charge < -0.3 is 15.4 Å². The molecule has 88 valence electrons. The summed E-state index contributed by atoms with van der Waals surface area (Å²) in [6.45, 7) is 0. The average molecular weight is 248 g/mol. The first-order chi connectivity index (χ1) is 8.03. The van der Waals surface area contributed by atoms with Gasteiger partial charge in [-0.15, -0.1) is 0 Å². The summed E-state index contributed by atoms with van der Waals surface area (Å²) in [5.74, 6) is 0.762. The van der Waals surface area contributed by atoms with E-state index in [4.69, 9.17) is 22.7 Å². The molecule has 1 saturated carbocycles. The molecule has 4 nitrogen and oxygen atoms in total. The molecular formula is C12H12N2O2S. The average Bonchev–Trinajstić information content (AvgIpc) is 3.02. The lowest BCUT2D eigenvalue weighted by atomic mass is 10.1. The Morgan fingerprint density at radius 1 is 1.53 bits per heavy atom. The number of carbonyl (C=O) groups excluding carboxylic acids is 1. The standard InChI is InChI=1S/C12H12N2O2S/c1-14(11(13)17)7-2-3-9-8(6-7)10(15)12(16-9)4-5-12/h2-3,6H,4-5H2,1H3,(H2,13,17). The minimum atomic E-state index is -0.539. The van der Waals surface area contributed by atoms with E-state index in [2.05, 4.69) is 0 Å². The van der Waals surface area contributed by atoms with Crippen LogP contribution in [-0.2, 0) is 0 Å². The Morgan fingerprint density at radius 2 is 2.24 bits per heavy atom. The number of benzene rings is 1. The SMILES string of the molecule is CN(C(N)=S)c1ccc2c(c1)C(=O)C1(CC1)O2. The maximum atomic E-state index is 12.1. The molecule has 0 radical (unpaired) electrons. The molecule has 17 heavy (non-hydrogen) atoms. The minimum absolute atomic E-state index is 0.0886. The van der Waals surface area contributed by atoms with E-state index in [-0.39, 0.29) is 10.9 Å². The maximum Gasteiger partial charge on any atom is 0.210 e. The Balaban J connectivity index is 2.01. The van der Waals surface area contributed by atoms with E-state index in [9.17, 15) is 4.79 Å². The molecule has 0 saturated heterocycles. The van der Waals surface area contributed by atoms with E-state index in [0.717, 1.165) is 18.5 Å². The van der Waals surface area contributed by atoms with Gasteiger partial charge in [-0.25, -0.2) is 0 Å². The molecule has 1 aromatic rings. The quantitative estimate of drug-likeness (QED) is 0.763. The zero-order chi connectivity index (χ0) is 12.2. The maximum absolute atomic E-state index is 12.1. The van der Waals surface area contributed by atoms with Crippen LogP contribution in [0.4, 0.5) is 5.69 Å². The molecule has 1 fully saturated rings. The molecule has 0 unspecified atom stereocenters. The summed E-state index contributed by atoms with van der Waals surface area (Å²) in [5.41, 5.74) is 6.47. The summed E-state index contributed by atoms with van der Waals surface area (Å²) in [5, 5.41) is 0.275. The molecule has 0 aromatic heterocycles. The third-order valence-corrected chi connectivity index (χ3v) is 3.62. The van der Waals surface area contributed by atoms with Gasteiger partial charge in [-0.2, -0.15) is 0 Å². The lowest BCUT2D eigenvalue weighted by Gasteiger charge is -2.17. The topological polar surface area (TPSA) is 55.6 Å². The Bertz CT molecular complexity index is 537. The molecule has 1 spiro atoms. The lowest BCUT2D eigenvalue weighted by molar-refractivity contribution is 0.0820. The number of ether oxygens (including phenoxy) is 1. The zero-order valence-corrected chi connectivity index (χ0v) is 10.2. The van der Waals surface area contributed by atoms with Gasteiger partial charge in [0.15, 0.2) is 10.7 Å². The highest BCUT2D eigenvalue weighted by Crippen LogP contribution is 2.50. The smallest absolute Gasteiger partial charge is 0.210 e. The van der Waals surface area contributed by atoms with Crippen LogP contribution in [0.15, 0.2) is 18.2 Å². The van der Waals surface area contributed by atoms with Crippen molar-refractivity contribution in [3.05, 3.63) is 23.8 Å². The van der Waals surface area contributed by atoms with Crippen LogP contribution in [0, 0.1) is 0 Å². The van der Waals surface area contributed by atoms with E-state index < -0.39 is 5.60 Å². The second kappa shape index (κ2) is 3.20. The van der Waals surface area contributed by atoms with E-state index in [1.165, 1.54) is 0 Å². The number of fused-ring (bicyclic) bond motifs is 1. The number of thiocarbonyl (C=S) groups is 1. The normalized spacial score (nSPS) is 18.8. The van der Waals surface area contributed by atoms with E-state index in [0.29, 0.717) is 11.3 Å². The second-order valence-electron chi connectivity index (χ2n) is 4.50. The third-order valence-electron chi connectivity index (χ3n) is 3.35. The van der Waals surface area contributed by atoms with Crippen molar-refractivity contribution in [3.63, 3.8) is 0 Å². The van der Waals surface area contributed by atoms with Crippen LogP contribution < -0.4 is 15.4 Å². The molecule has 2 N–H and O–H groups in total. The van der Waals surface area contributed by atoms with Crippen molar-refractivity contribution in [2.75, 3.05) is 11.9 Å². The number of nitrogens with two attached hydrogens (primary N) is 1. The van der Waals surface area contributed by atoms with Crippen molar-refractivity contribution < 1.29 is 9.53 Å². The minimum Gasteiger partial charge on any atom is -0.478 e. The summed E-state index contributed by atoms with van der Waals surface area (Å²) in [6.07, 6.45) is 1.64. The summed E-state index contributed by atoms with van der Waals surface area (Å²) >= 11 is 4.90. The molecule has 1 aromatic carbocycles. The van der Waals surface area contributed by atoms with Gasteiger partial charge in [-0.3, -0.25) is 4.79 Å². The van der Waals surface area contributed by atoms with Crippen LogP contribution in [-0.4, -0.2) is 23.5 Å². The van der Waals surface area contributed by atoms with Crippen molar-refractivity contribution in [2.45, 2.75) is 18.4 Å². The van der Waals surface area contributed by atoms with Gasteiger partial charge in [0.1, 0.15) is 5.75 Å². The van der Waals surface area contributed by atoms with Crippen LogP contribution in [0.25, 0.3) is 0 Å². The van der Waals surface area contributed by atoms with Gasteiger partial charge in [-0.05, 0) is 43.3 Å². The summed E-state index contributed by atoms with van der Waals surface area (Å²) < 4.78 is 5.68. The van der Waals surface area contributed by atoms with Gasteiger partial charge in [0.05, 0.1) is 5.56 Å². The van der Waals surface area contributed by atoms with E-state index >= 15 is 0 Å². The molecule has 0 atom stereocenters. The molecule has 3 rings (SSSR count). The molecule has 2 aliphatic rings. The Hall–Kier alpha value is -1.62. The van der Waals surface area contributed by atoms with Crippen molar-refractivity contribution in [1.29, 1.82) is 0 Å². The summed E-state index contributed by atoms with van der Waals surface area (Å²) in [6, 6.07) is 5.46. The number of hydrogen-bond donors (Lipinski definition) is 1. The fraction of sp³-hybridized carbons (Fsp3) is 0.333. The van der Waals surface area contributed by atoms with Crippen molar-refractivity contribution in [1.82, 2.24) is 0 Å². The van der Waals surface area contributed by atoms with Crippen molar-refractivity contribution in [2.24, 2.45) is 5.73 Å². The van der Waals surface area contributed by atoms with Crippen molar-refractivity contribution >= 4 is 28.8 Å². The fourth-order valence-electron chi connectivity index (χ4n) is 2.07. The summed E-state index contributed by atoms with van der Waals surface area (Å²) in [7, 11) is 1.78. The number of Topliss-reactive ketones (excluding diaryl/α,β-unsaturated/α-hetero) is 1. The highest BCUT2D eigenvalue weighted by atomic mass is 32.1. The second-order valence-corrected chi connectivity index (χ2v) is 4.92. The van der Waals surface area contributed by atoms with Crippen LogP contribution >= 0.6 is 12.2 Å². The number of ketones is 1. The number of hydrogen-bond acceptors (Lipinski definition) is 3. The Morgan fingerprint density at radius 3 is 2.82 bits per heavy atom. The molecule has 5 heteroatoms. The first-order valence-electron chi connectivity index (χ1n) is 5.44. The summed E-state index contributed by atoms with van der Waals surface area (Å²) in [4.78, 5) is 13.8. The predicted octanol–water partition coefficient (Wildman–Crippen LogP) is 1.47. The van der Waals surface area contributed by atoms with Crippen LogP contribution in [0.1, 0.15) is 23.2 Å². The Labute approximate surface area is 104 Å². The van der Waals surface area contributed by atoms with E-state index in [1.54, 1.807) is 18.0 Å². The van der Waals surface area contributed by atoms with Crippen molar-refractivity contribution in [3.8, 4) is 5.75 Å². The van der Waals surface area contributed by atoms with E-state index in [1.807, 2.05) is 12.1 Å². The van der Waals surface area contributed by atoms with Crippen LogP contribution in [0.2, 0.25) is 0 Å². The third kappa shape index (κ3) is 1.42. The molecular weight excluding hydrogens is 236 g/mol. The molecule has 1 heterocycles. The van der Waals surface area contributed by atoms with Gasteiger partial charge in [0.2, 0.25) is 5.78 Å². The number of anilines is 1. The predicted molar refractivity (Wildman–Crippen MR) is 68.6 cm³/mol. The van der Waals surface area contributed by atoms with Crippen LogP contribution in [0.5, 0.6) is 5.75 Å². The molecule has 1 aliphatic carbocycles. The van der Waals surface area contributed by atoms with Gasteiger partial charge in [0.25, 0.3) is 0 Å². The Kier molecular flexibility index (Phi) is 1.98. The van der Waals surface area contributed by atoms with Gasteiger partial charge in [-0.1, -0.05) is 0 Å². The lowest BCUT2D eigenvalue weighted by Crippen LogP contribution is -2.31. The number of rotatable bonds is 1. The molecule has 0 bridgehead atoms. The fourth-order valence-corrected chi connectivity index (χ4v) is 2.17. The number of carbonyl (C=O) groups is 1. The highest BCUT2D eigenvalue weighted by Gasteiger charge is 2.57. The monoisotopic (exact) mass is 248 g/mol.